The summed E-state index contributed by atoms with van der Waals surface area (Å²) >= 11 is 0. The van der Waals surface area contributed by atoms with Crippen LogP contribution in [0.15, 0.2) is 53.5 Å². The summed E-state index contributed by atoms with van der Waals surface area (Å²) in [6, 6.07) is 13.5. The molecule has 0 aliphatic heterocycles. The quantitative estimate of drug-likeness (QED) is 0.266. The highest BCUT2D eigenvalue weighted by Crippen LogP contribution is 2.11. The van der Waals surface area contributed by atoms with Crippen molar-refractivity contribution in [2.75, 3.05) is 34.3 Å². The highest BCUT2D eigenvalue weighted by molar-refractivity contribution is 14.0. The van der Waals surface area contributed by atoms with Gasteiger partial charge in [-0.25, -0.2) is 4.39 Å². The lowest BCUT2D eigenvalue weighted by Gasteiger charge is -2.13. The number of carbonyl (C=O) groups excluding carboxylic acids is 1. The summed E-state index contributed by atoms with van der Waals surface area (Å²) in [7, 11) is 5.14. The van der Waals surface area contributed by atoms with E-state index < -0.39 is 0 Å². The van der Waals surface area contributed by atoms with E-state index in [9.17, 15) is 9.18 Å². The van der Waals surface area contributed by atoms with Crippen LogP contribution in [-0.2, 0) is 6.54 Å². The third kappa shape index (κ3) is 7.71. The van der Waals surface area contributed by atoms with Gasteiger partial charge in [-0.05, 0) is 29.8 Å². The Balaban J connectivity index is 0.00000392. The highest BCUT2D eigenvalue weighted by atomic mass is 127. The molecule has 8 heteroatoms. The number of aliphatic imine (C=N–C) groups is 1. The molecule has 0 aromatic heterocycles. The molecule has 0 radical (unpaired) electrons. The third-order valence-corrected chi connectivity index (χ3v) is 3.75. The van der Waals surface area contributed by atoms with E-state index in [2.05, 4.69) is 15.6 Å². The summed E-state index contributed by atoms with van der Waals surface area (Å²) in [6.45, 7) is 1.47. The highest BCUT2D eigenvalue weighted by Gasteiger charge is 2.07. The van der Waals surface area contributed by atoms with Gasteiger partial charge in [-0.15, -0.1) is 24.0 Å². The second-order valence-corrected chi connectivity index (χ2v) is 6.05. The molecule has 2 rings (SSSR count). The largest absolute Gasteiger partial charge is 0.492 e. The smallest absolute Gasteiger partial charge is 0.253 e. The number of hydrogen-bond acceptors (Lipinski definition) is 3. The Morgan fingerprint density at radius 3 is 2.46 bits per heavy atom. The van der Waals surface area contributed by atoms with E-state index in [1.54, 1.807) is 38.2 Å². The van der Waals surface area contributed by atoms with Crippen molar-refractivity contribution in [2.24, 2.45) is 4.99 Å². The molecule has 0 atom stereocenters. The van der Waals surface area contributed by atoms with Crippen molar-refractivity contribution in [1.29, 1.82) is 0 Å². The second kappa shape index (κ2) is 12.2. The van der Waals surface area contributed by atoms with E-state index >= 15 is 0 Å². The lowest BCUT2D eigenvalue weighted by molar-refractivity contribution is 0.0827. The van der Waals surface area contributed by atoms with Crippen LogP contribution in [0, 0.1) is 5.82 Å². The van der Waals surface area contributed by atoms with Gasteiger partial charge in [-0.2, -0.15) is 0 Å². The van der Waals surface area contributed by atoms with Crippen molar-refractivity contribution in [1.82, 2.24) is 15.5 Å². The van der Waals surface area contributed by atoms with Crippen LogP contribution < -0.4 is 15.4 Å². The molecule has 2 N–H and O–H groups in total. The Morgan fingerprint density at radius 1 is 1.14 bits per heavy atom. The SMILES string of the molecule is CN=C(NCCOc1cccc(F)c1)NCc1ccc(C(=O)N(C)C)cc1.I. The maximum Gasteiger partial charge on any atom is 0.253 e. The molecular formula is C20H26FIN4O2. The van der Waals surface area contributed by atoms with Crippen molar-refractivity contribution in [3.05, 3.63) is 65.5 Å². The summed E-state index contributed by atoms with van der Waals surface area (Å²) in [5.41, 5.74) is 1.69. The molecule has 2 aromatic rings. The molecule has 28 heavy (non-hydrogen) atoms. The molecule has 0 unspecified atom stereocenters. The minimum absolute atomic E-state index is 0. The summed E-state index contributed by atoms with van der Waals surface area (Å²) in [5.74, 6) is 0.778. The zero-order valence-corrected chi connectivity index (χ0v) is 18.6. The molecule has 1 amide bonds. The van der Waals surface area contributed by atoms with Crippen LogP contribution in [0.2, 0.25) is 0 Å². The number of nitrogens with one attached hydrogen (secondary N) is 2. The predicted molar refractivity (Wildman–Crippen MR) is 120 cm³/mol. The molecule has 0 aliphatic carbocycles. The fourth-order valence-electron chi connectivity index (χ4n) is 2.32. The maximum absolute atomic E-state index is 13.1. The first kappa shape index (κ1) is 23.7. The Bertz CT molecular complexity index is 782. The number of hydrogen-bond donors (Lipinski definition) is 2. The Hall–Kier alpha value is -2.36. The molecule has 0 saturated carbocycles. The predicted octanol–water partition coefficient (Wildman–Crippen LogP) is 2.89. The standard InChI is InChI=1S/C20H25FN4O2.HI/c1-22-20(23-11-12-27-18-6-4-5-17(21)13-18)24-14-15-7-9-16(10-8-15)19(26)25(2)3;/h4-10,13H,11-12,14H2,1-3H3,(H2,22,23,24);1H. The van der Waals surface area contributed by atoms with E-state index in [0.29, 0.717) is 37.0 Å². The lowest BCUT2D eigenvalue weighted by Crippen LogP contribution is -2.38. The molecule has 0 spiro atoms. The van der Waals surface area contributed by atoms with Crippen LogP contribution in [0.4, 0.5) is 4.39 Å². The number of amides is 1. The van der Waals surface area contributed by atoms with E-state index in [1.807, 2.05) is 24.3 Å². The van der Waals surface area contributed by atoms with Gasteiger partial charge in [0.2, 0.25) is 0 Å². The number of carbonyl (C=O) groups is 1. The van der Waals surface area contributed by atoms with Crippen molar-refractivity contribution < 1.29 is 13.9 Å². The van der Waals surface area contributed by atoms with E-state index in [0.717, 1.165) is 5.56 Å². The fourth-order valence-corrected chi connectivity index (χ4v) is 2.32. The van der Waals surface area contributed by atoms with E-state index in [-0.39, 0.29) is 35.7 Å². The molecular weight excluding hydrogens is 474 g/mol. The monoisotopic (exact) mass is 500 g/mol. The van der Waals surface area contributed by atoms with Crippen molar-refractivity contribution in [3.63, 3.8) is 0 Å². The zero-order valence-electron chi connectivity index (χ0n) is 16.2. The maximum atomic E-state index is 13.1. The van der Waals surface area contributed by atoms with Gasteiger partial charge in [0.1, 0.15) is 18.2 Å². The number of nitrogens with zero attached hydrogens (tertiary/aromatic N) is 2. The average molecular weight is 500 g/mol. The van der Waals surface area contributed by atoms with Crippen LogP contribution in [0.5, 0.6) is 5.75 Å². The van der Waals surface area contributed by atoms with Crippen LogP contribution in [0.1, 0.15) is 15.9 Å². The van der Waals surface area contributed by atoms with Crippen LogP contribution in [-0.4, -0.2) is 51.1 Å². The van der Waals surface area contributed by atoms with Crippen molar-refractivity contribution >= 4 is 35.8 Å². The minimum Gasteiger partial charge on any atom is -0.492 e. The van der Waals surface area contributed by atoms with E-state index in [1.165, 1.54) is 12.1 Å². The average Bonchev–Trinajstić information content (AvgIpc) is 2.67. The van der Waals surface area contributed by atoms with Gasteiger partial charge in [0.15, 0.2) is 5.96 Å². The first-order valence-corrected chi connectivity index (χ1v) is 8.63. The molecule has 152 valence electrons. The first-order valence-electron chi connectivity index (χ1n) is 8.63. The Labute approximate surface area is 182 Å². The van der Waals surface area contributed by atoms with Gasteiger partial charge in [0.25, 0.3) is 5.91 Å². The van der Waals surface area contributed by atoms with Crippen LogP contribution in [0.3, 0.4) is 0 Å². The molecule has 0 fully saturated rings. The Kier molecular flexibility index (Phi) is 10.3. The van der Waals surface area contributed by atoms with E-state index in [4.69, 9.17) is 4.74 Å². The number of halogens is 2. The number of rotatable bonds is 7. The number of benzene rings is 2. The number of ether oxygens (including phenoxy) is 1. The van der Waals surface area contributed by atoms with Gasteiger partial charge in [-0.3, -0.25) is 9.79 Å². The summed E-state index contributed by atoms with van der Waals surface area (Å²) in [6.07, 6.45) is 0. The van der Waals surface area contributed by atoms with Gasteiger partial charge in [-0.1, -0.05) is 18.2 Å². The Morgan fingerprint density at radius 2 is 1.86 bits per heavy atom. The molecule has 0 saturated heterocycles. The fraction of sp³-hybridized carbons (Fsp3) is 0.300. The third-order valence-electron chi connectivity index (χ3n) is 3.75. The molecule has 0 aliphatic rings. The summed E-state index contributed by atoms with van der Waals surface area (Å²) in [5, 5.41) is 6.32. The lowest BCUT2D eigenvalue weighted by atomic mass is 10.1. The second-order valence-electron chi connectivity index (χ2n) is 6.05. The molecule has 2 aromatic carbocycles. The van der Waals surface area contributed by atoms with Crippen molar-refractivity contribution in [3.8, 4) is 5.75 Å². The van der Waals surface area contributed by atoms with Gasteiger partial charge in [0, 0.05) is 39.3 Å². The van der Waals surface area contributed by atoms with Gasteiger partial charge < -0.3 is 20.3 Å². The van der Waals surface area contributed by atoms with Crippen LogP contribution >= 0.6 is 24.0 Å². The first-order chi connectivity index (χ1) is 13.0. The topological polar surface area (TPSA) is 66.0 Å². The van der Waals surface area contributed by atoms with Gasteiger partial charge >= 0.3 is 0 Å². The minimum atomic E-state index is -0.323. The summed E-state index contributed by atoms with van der Waals surface area (Å²) in [4.78, 5) is 17.6. The molecule has 6 nitrogen and oxygen atoms in total. The normalized spacial score (nSPS) is 10.6. The summed E-state index contributed by atoms with van der Waals surface area (Å²) < 4.78 is 18.6. The van der Waals surface area contributed by atoms with Gasteiger partial charge in [0.05, 0.1) is 6.54 Å². The number of guanidine groups is 1. The molecule has 0 bridgehead atoms. The zero-order chi connectivity index (χ0) is 19.6. The van der Waals surface area contributed by atoms with Crippen LogP contribution in [0.25, 0.3) is 0 Å². The van der Waals surface area contributed by atoms with Crippen molar-refractivity contribution in [2.45, 2.75) is 6.54 Å². The molecule has 0 heterocycles.